The van der Waals surface area contributed by atoms with Gasteiger partial charge in [0.05, 0.1) is 0 Å². The van der Waals surface area contributed by atoms with Crippen molar-refractivity contribution < 1.29 is 4.42 Å². The van der Waals surface area contributed by atoms with Crippen molar-refractivity contribution in [1.82, 2.24) is 15.5 Å². The molecule has 0 saturated heterocycles. The zero-order valence-electron chi connectivity index (χ0n) is 11.7. The van der Waals surface area contributed by atoms with Gasteiger partial charge >= 0.3 is 0 Å². The number of nitrogens with zero attached hydrogens (tertiary/aromatic N) is 2. The van der Waals surface area contributed by atoms with Crippen LogP contribution < -0.4 is 5.32 Å². The van der Waals surface area contributed by atoms with E-state index in [1.165, 1.54) is 44.9 Å². The van der Waals surface area contributed by atoms with E-state index in [9.17, 15) is 0 Å². The highest BCUT2D eigenvalue weighted by molar-refractivity contribution is 4.86. The van der Waals surface area contributed by atoms with Gasteiger partial charge in [-0.1, -0.05) is 19.3 Å². The Labute approximate surface area is 115 Å². The first kappa shape index (κ1) is 13.1. The van der Waals surface area contributed by atoms with E-state index in [4.69, 9.17) is 4.42 Å². The van der Waals surface area contributed by atoms with Crippen LogP contribution in [0.25, 0.3) is 0 Å². The van der Waals surface area contributed by atoms with Crippen LogP contribution in [-0.2, 0) is 12.8 Å². The zero-order valence-corrected chi connectivity index (χ0v) is 11.7. The summed E-state index contributed by atoms with van der Waals surface area (Å²) < 4.78 is 5.76. The minimum atomic E-state index is 0.776. The molecule has 1 aromatic heterocycles. The second kappa shape index (κ2) is 6.51. The first-order chi connectivity index (χ1) is 9.40. The molecule has 0 atom stereocenters. The fraction of sp³-hybridized carbons (Fsp3) is 0.867. The maximum atomic E-state index is 5.76. The van der Waals surface area contributed by atoms with Crippen molar-refractivity contribution in [3.8, 4) is 0 Å². The summed E-state index contributed by atoms with van der Waals surface area (Å²) in [4.78, 5) is 0. The highest BCUT2D eigenvalue weighted by Gasteiger charge is 2.20. The molecule has 2 saturated carbocycles. The van der Waals surface area contributed by atoms with Crippen molar-refractivity contribution in [3.05, 3.63) is 11.8 Å². The van der Waals surface area contributed by atoms with Gasteiger partial charge in [-0.05, 0) is 44.6 Å². The molecule has 0 spiro atoms. The summed E-state index contributed by atoms with van der Waals surface area (Å²) in [5.74, 6) is 2.46. The summed E-state index contributed by atoms with van der Waals surface area (Å²) in [6, 6.07) is 0.796. The first-order valence-corrected chi connectivity index (χ1v) is 7.95. The minimum Gasteiger partial charge on any atom is -0.425 e. The molecular weight excluding hydrogens is 238 g/mol. The molecule has 2 aliphatic rings. The number of nitrogens with one attached hydrogen (secondary N) is 1. The van der Waals surface area contributed by atoms with E-state index in [0.717, 1.165) is 49.5 Å². The molecule has 0 bridgehead atoms. The molecule has 0 radical (unpaired) electrons. The second-order valence-electron chi connectivity index (χ2n) is 6.13. The summed E-state index contributed by atoms with van der Waals surface area (Å²) in [6.07, 6.45) is 12.5. The Bertz CT molecular complexity index is 380. The van der Waals surface area contributed by atoms with Gasteiger partial charge < -0.3 is 9.73 Å². The molecule has 3 rings (SSSR count). The van der Waals surface area contributed by atoms with Crippen molar-refractivity contribution in [2.24, 2.45) is 5.92 Å². The number of hydrogen-bond acceptors (Lipinski definition) is 4. The third-order valence-electron chi connectivity index (χ3n) is 4.27. The van der Waals surface area contributed by atoms with Crippen LogP contribution >= 0.6 is 0 Å². The standard InChI is InChI=1S/C15H25N3O/c1-2-5-12(6-3-1)11-15-18-17-14(19-15)7-4-10-16-13-8-9-13/h12-13,16H,1-11H2. The van der Waals surface area contributed by atoms with Crippen LogP contribution in [0.5, 0.6) is 0 Å². The normalized spacial score (nSPS) is 20.8. The Hall–Kier alpha value is -0.900. The summed E-state index contributed by atoms with van der Waals surface area (Å²) in [5, 5.41) is 11.9. The van der Waals surface area contributed by atoms with Gasteiger partial charge in [0.2, 0.25) is 11.8 Å². The lowest BCUT2D eigenvalue weighted by atomic mass is 9.87. The fourth-order valence-corrected chi connectivity index (χ4v) is 2.94. The molecule has 4 nitrogen and oxygen atoms in total. The Morgan fingerprint density at radius 3 is 2.58 bits per heavy atom. The van der Waals surface area contributed by atoms with Crippen LogP contribution in [0.15, 0.2) is 4.42 Å². The maximum Gasteiger partial charge on any atom is 0.216 e. The molecule has 1 N–H and O–H groups in total. The van der Waals surface area contributed by atoms with Crippen LogP contribution in [0.4, 0.5) is 0 Å². The Balaban J connectivity index is 1.37. The molecule has 0 aromatic carbocycles. The van der Waals surface area contributed by atoms with E-state index < -0.39 is 0 Å². The second-order valence-corrected chi connectivity index (χ2v) is 6.13. The smallest absolute Gasteiger partial charge is 0.216 e. The SMILES string of the molecule is C1CCC(Cc2nnc(CCCNC3CC3)o2)CC1. The monoisotopic (exact) mass is 263 g/mol. The summed E-state index contributed by atoms with van der Waals surface area (Å²) in [6.45, 7) is 1.07. The van der Waals surface area contributed by atoms with Crippen molar-refractivity contribution in [1.29, 1.82) is 0 Å². The number of hydrogen-bond donors (Lipinski definition) is 1. The predicted molar refractivity (Wildman–Crippen MR) is 73.9 cm³/mol. The number of aryl methyl sites for hydroxylation is 1. The maximum absolute atomic E-state index is 5.76. The van der Waals surface area contributed by atoms with Gasteiger partial charge in [0.25, 0.3) is 0 Å². The minimum absolute atomic E-state index is 0.776. The molecular formula is C15H25N3O. The van der Waals surface area contributed by atoms with Crippen molar-refractivity contribution in [3.63, 3.8) is 0 Å². The molecule has 1 heterocycles. The van der Waals surface area contributed by atoms with Gasteiger partial charge in [-0.15, -0.1) is 10.2 Å². The Kier molecular flexibility index (Phi) is 4.49. The largest absolute Gasteiger partial charge is 0.425 e. The fourth-order valence-electron chi connectivity index (χ4n) is 2.94. The zero-order chi connectivity index (χ0) is 12.9. The van der Waals surface area contributed by atoms with Gasteiger partial charge in [0.15, 0.2) is 0 Å². The van der Waals surface area contributed by atoms with E-state index in [-0.39, 0.29) is 0 Å². The van der Waals surface area contributed by atoms with Gasteiger partial charge in [-0.3, -0.25) is 0 Å². The molecule has 0 aliphatic heterocycles. The first-order valence-electron chi connectivity index (χ1n) is 7.95. The van der Waals surface area contributed by atoms with E-state index in [2.05, 4.69) is 15.5 Å². The van der Waals surface area contributed by atoms with Gasteiger partial charge in [-0.25, -0.2) is 0 Å². The van der Waals surface area contributed by atoms with E-state index in [1.807, 2.05) is 0 Å². The van der Waals surface area contributed by atoms with Gasteiger partial charge in [0.1, 0.15) is 0 Å². The average Bonchev–Trinajstić information content (AvgIpc) is 3.16. The number of aromatic nitrogens is 2. The molecule has 2 aliphatic carbocycles. The predicted octanol–water partition coefficient (Wildman–Crippen LogP) is 2.88. The van der Waals surface area contributed by atoms with E-state index in [1.54, 1.807) is 0 Å². The lowest BCUT2D eigenvalue weighted by Gasteiger charge is -2.19. The molecule has 0 unspecified atom stereocenters. The highest BCUT2D eigenvalue weighted by Crippen LogP contribution is 2.26. The quantitative estimate of drug-likeness (QED) is 0.769. The summed E-state index contributed by atoms with van der Waals surface area (Å²) >= 11 is 0. The van der Waals surface area contributed by atoms with Crippen LogP contribution in [0, 0.1) is 5.92 Å². The van der Waals surface area contributed by atoms with Crippen molar-refractivity contribution >= 4 is 0 Å². The molecule has 0 amide bonds. The third kappa shape index (κ3) is 4.30. The summed E-state index contributed by atoms with van der Waals surface area (Å²) in [7, 11) is 0. The highest BCUT2D eigenvalue weighted by atomic mass is 16.4. The van der Waals surface area contributed by atoms with Crippen molar-refractivity contribution in [2.75, 3.05) is 6.54 Å². The molecule has 106 valence electrons. The van der Waals surface area contributed by atoms with Crippen LogP contribution in [0.3, 0.4) is 0 Å². The molecule has 4 heteroatoms. The Morgan fingerprint density at radius 1 is 1.00 bits per heavy atom. The van der Waals surface area contributed by atoms with Gasteiger partial charge in [0, 0.05) is 18.9 Å². The summed E-state index contributed by atoms with van der Waals surface area (Å²) in [5.41, 5.74) is 0. The van der Waals surface area contributed by atoms with Crippen LogP contribution in [0.1, 0.15) is 63.1 Å². The van der Waals surface area contributed by atoms with Crippen LogP contribution in [0.2, 0.25) is 0 Å². The lowest BCUT2D eigenvalue weighted by Crippen LogP contribution is -2.17. The van der Waals surface area contributed by atoms with Crippen molar-refractivity contribution in [2.45, 2.75) is 70.3 Å². The number of rotatable bonds is 7. The topological polar surface area (TPSA) is 51.0 Å². The Morgan fingerprint density at radius 2 is 1.79 bits per heavy atom. The molecule has 2 fully saturated rings. The van der Waals surface area contributed by atoms with E-state index in [0.29, 0.717) is 0 Å². The molecule has 1 aromatic rings. The van der Waals surface area contributed by atoms with Gasteiger partial charge in [-0.2, -0.15) is 0 Å². The van der Waals surface area contributed by atoms with Crippen LogP contribution in [-0.4, -0.2) is 22.8 Å². The average molecular weight is 263 g/mol. The lowest BCUT2D eigenvalue weighted by molar-refractivity contribution is 0.323. The molecule has 19 heavy (non-hydrogen) atoms. The third-order valence-corrected chi connectivity index (χ3v) is 4.27. The van der Waals surface area contributed by atoms with E-state index >= 15 is 0 Å².